The van der Waals surface area contributed by atoms with Crippen molar-refractivity contribution in [3.05, 3.63) is 28.8 Å². The molecular formula is C13H19NO2. The Morgan fingerprint density at radius 2 is 1.88 bits per heavy atom. The standard InChI is InChI=1S/C13H19NO2/c1-8-6-9(2)11(10(7-8)16-5)12(15)13(3,4)14/h6-7H,14H2,1-5H3. The number of benzene rings is 1. The number of hydrogen-bond acceptors (Lipinski definition) is 3. The lowest BCUT2D eigenvalue weighted by atomic mass is 9.90. The van der Waals surface area contributed by atoms with Crippen molar-refractivity contribution in [2.45, 2.75) is 33.2 Å². The molecule has 0 saturated carbocycles. The van der Waals surface area contributed by atoms with E-state index in [1.165, 1.54) is 0 Å². The third-order valence-electron chi connectivity index (χ3n) is 2.48. The molecule has 2 N–H and O–H groups in total. The Labute approximate surface area is 96.6 Å². The number of nitrogens with two attached hydrogens (primary N) is 1. The van der Waals surface area contributed by atoms with Crippen LogP contribution in [0.5, 0.6) is 5.75 Å². The summed E-state index contributed by atoms with van der Waals surface area (Å²) in [4.78, 5) is 12.2. The number of carbonyl (C=O) groups is 1. The van der Waals surface area contributed by atoms with Crippen LogP contribution in [-0.2, 0) is 0 Å². The lowest BCUT2D eigenvalue weighted by Gasteiger charge is -2.20. The van der Waals surface area contributed by atoms with Gasteiger partial charge < -0.3 is 10.5 Å². The highest BCUT2D eigenvalue weighted by Gasteiger charge is 2.27. The zero-order valence-corrected chi connectivity index (χ0v) is 10.5. The van der Waals surface area contributed by atoms with Gasteiger partial charge in [0.15, 0.2) is 5.78 Å². The summed E-state index contributed by atoms with van der Waals surface area (Å²) in [6.07, 6.45) is 0. The van der Waals surface area contributed by atoms with Crippen LogP contribution in [0.15, 0.2) is 12.1 Å². The Bertz CT molecular complexity index is 417. The van der Waals surface area contributed by atoms with Crippen LogP contribution in [-0.4, -0.2) is 18.4 Å². The molecule has 0 bridgehead atoms. The number of ketones is 1. The maximum Gasteiger partial charge on any atom is 0.186 e. The number of rotatable bonds is 3. The predicted octanol–water partition coefficient (Wildman–Crippen LogP) is 2.23. The maximum absolute atomic E-state index is 12.2. The first-order chi connectivity index (χ1) is 7.27. The van der Waals surface area contributed by atoms with E-state index in [1.807, 2.05) is 26.0 Å². The second kappa shape index (κ2) is 4.26. The van der Waals surface area contributed by atoms with Crippen molar-refractivity contribution >= 4 is 5.78 Å². The van der Waals surface area contributed by atoms with Gasteiger partial charge in [0.25, 0.3) is 0 Å². The number of Topliss-reactive ketones (excluding diaryl/α,β-unsaturated/α-hetero) is 1. The highest BCUT2D eigenvalue weighted by molar-refractivity contribution is 6.05. The van der Waals surface area contributed by atoms with E-state index >= 15 is 0 Å². The number of carbonyl (C=O) groups excluding carboxylic acids is 1. The Kier molecular flexibility index (Phi) is 3.38. The van der Waals surface area contributed by atoms with Crippen molar-refractivity contribution in [2.24, 2.45) is 5.73 Å². The maximum atomic E-state index is 12.2. The van der Waals surface area contributed by atoms with Crippen molar-refractivity contribution in [1.29, 1.82) is 0 Å². The van der Waals surface area contributed by atoms with E-state index in [-0.39, 0.29) is 5.78 Å². The third kappa shape index (κ3) is 2.42. The van der Waals surface area contributed by atoms with Crippen molar-refractivity contribution in [3.63, 3.8) is 0 Å². The van der Waals surface area contributed by atoms with Gasteiger partial charge in [-0.3, -0.25) is 4.79 Å². The Hall–Kier alpha value is -1.35. The summed E-state index contributed by atoms with van der Waals surface area (Å²) in [6, 6.07) is 3.81. The van der Waals surface area contributed by atoms with Gasteiger partial charge in [-0.15, -0.1) is 0 Å². The molecule has 0 unspecified atom stereocenters. The van der Waals surface area contributed by atoms with Crippen LogP contribution < -0.4 is 10.5 Å². The van der Waals surface area contributed by atoms with Gasteiger partial charge in [0.05, 0.1) is 18.2 Å². The number of ether oxygens (including phenoxy) is 1. The fraction of sp³-hybridized carbons (Fsp3) is 0.462. The van der Waals surface area contributed by atoms with Crippen molar-refractivity contribution in [3.8, 4) is 5.75 Å². The molecular weight excluding hydrogens is 202 g/mol. The minimum absolute atomic E-state index is 0.0955. The van der Waals surface area contributed by atoms with Crippen LogP contribution in [0.2, 0.25) is 0 Å². The molecule has 3 heteroatoms. The summed E-state index contributed by atoms with van der Waals surface area (Å²) in [6.45, 7) is 7.27. The minimum atomic E-state index is -0.882. The zero-order chi connectivity index (χ0) is 12.5. The van der Waals surface area contributed by atoms with Crippen LogP contribution in [0, 0.1) is 13.8 Å². The summed E-state index contributed by atoms with van der Waals surface area (Å²) in [7, 11) is 1.56. The second-order valence-corrected chi connectivity index (χ2v) is 4.71. The number of methoxy groups -OCH3 is 1. The highest BCUT2D eigenvalue weighted by Crippen LogP contribution is 2.27. The minimum Gasteiger partial charge on any atom is -0.496 e. The molecule has 3 nitrogen and oxygen atoms in total. The van der Waals surface area contributed by atoms with Gasteiger partial charge in [0.2, 0.25) is 0 Å². The van der Waals surface area contributed by atoms with E-state index in [4.69, 9.17) is 10.5 Å². The number of hydrogen-bond donors (Lipinski definition) is 1. The summed E-state index contributed by atoms with van der Waals surface area (Å²) in [5.74, 6) is 0.503. The van der Waals surface area contributed by atoms with Crippen LogP contribution in [0.1, 0.15) is 35.3 Å². The summed E-state index contributed by atoms with van der Waals surface area (Å²) in [5, 5.41) is 0. The van der Waals surface area contributed by atoms with E-state index in [0.717, 1.165) is 11.1 Å². The van der Waals surface area contributed by atoms with Gasteiger partial charge in [-0.05, 0) is 44.9 Å². The van der Waals surface area contributed by atoms with Gasteiger partial charge >= 0.3 is 0 Å². The molecule has 1 rings (SSSR count). The molecule has 1 aromatic carbocycles. The Morgan fingerprint density at radius 1 is 1.31 bits per heavy atom. The molecule has 0 fully saturated rings. The molecule has 88 valence electrons. The molecule has 0 aliphatic rings. The highest BCUT2D eigenvalue weighted by atomic mass is 16.5. The summed E-state index contributed by atoms with van der Waals surface area (Å²) >= 11 is 0. The third-order valence-corrected chi connectivity index (χ3v) is 2.48. The van der Waals surface area contributed by atoms with Crippen LogP contribution in [0.4, 0.5) is 0 Å². The fourth-order valence-electron chi connectivity index (χ4n) is 1.70. The van der Waals surface area contributed by atoms with E-state index < -0.39 is 5.54 Å². The van der Waals surface area contributed by atoms with E-state index in [1.54, 1.807) is 21.0 Å². The van der Waals surface area contributed by atoms with Gasteiger partial charge in [0.1, 0.15) is 5.75 Å². The van der Waals surface area contributed by atoms with Gasteiger partial charge in [-0.2, -0.15) is 0 Å². The van der Waals surface area contributed by atoms with E-state index in [0.29, 0.717) is 11.3 Å². The molecule has 0 amide bonds. The molecule has 0 spiro atoms. The normalized spacial score (nSPS) is 11.4. The summed E-state index contributed by atoms with van der Waals surface area (Å²) < 4.78 is 5.25. The number of aryl methyl sites for hydroxylation is 2. The SMILES string of the molecule is COc1cc(C)cc(C)c1C(=O)C(C)(C)N. The lowest BCUT2D eigenvalue weighted by Crippen LogP contribution is -2.42. The first kappa shape index (κ1) is 12.7. The molecule has 0 aliphatic carbocycles. The topological polar surface area (TPSA) is 52.3 Å². The molecule has 16 heavy (non-hydrogen) atoms. The average Bonchev–Trinajstić information content (AvgIpc) is 2.14. The molecule has 0 saturated heterocycles. The molecule has 0 heterocycles. The van der Waals surface area contributed by atoms with Crippen molar-refractivity contribution < 1.29 is 9.53 Å². The quantitative estimate of drug-likeness (QED) is 0.796. The summed E-state index contributed by atoms with van der Waals surface area (Å²) in [5.41, 5.74) is 7.51. The van der Waals surface area contributed by atoms with Crippen molar-refractivity contribution in [1.82, 2.24) is 0 Å². The zero-order valence-electron chi connectivity index (χ0n) is 10.5. The van der Waals surface area contributed by atoms with Crippen molar-refractivity contribution in [2.75, 3.05) is 7.11 Å². The Morgan fingerprint density at radius 3 is 2.31 bits per heavy atom. The first-order valence-corrected chi connectivity index (χ1v) is 5.26. The molecule has 0 atom stereocenters. The van der Waals surface area contributed by atoms with Crippen LogP contribution in [0.25, 0.3) is 0 Å². The largest absolute Gasteiger partial charge is 0.496 e. The van der Waals surface area contributed by atoms with Crippen LogP contribution >= 0.6 is 0 Å². The lowest BCUT2D eigenvalue weighted by molar-refractivity contribution is 0.0910. The van der Waals surface area contributed by atoms with E-state index in [2.05, 4.69) is 0 Å². The molecule has 0 aromatic heterocycles. The molecule has 0 radical (unpaired) electrons. The van der Waals surface area contributed by atoms with Crippen LogP contribution in [0.3, 0.4) is 0 Å². The smallest absolute Gasteiger partial charge is 0.186 e. The van der Waals surface area contributed by atoms with Gasteiger partial charge in [-0.1, -0.05) is 6.07 Å². The fourth-order valence-corrected chi connectivity index (χ4v) is 1.70. The first-order valence-electron chi connectivity index (χ1n) is 5.26. The molecule has 0 aliphatic heterocycles. The average molecular weight is 221 g/mol. The van der Waals surface area contributed by atoms with E-state index in [9.17, 15) is 4.79 Å². The second-order valence-electron chi connectivity index (χ2n) is 4.71. The molecule has 1 aromatic rings. The Balaban J connectivity index is 3.38. The van der Waals surface area contributed by atoms with Gasteiger partial charge in [-0.25, -0.2) is 0 Å². The van der Waals surface area contributed by atoms with Gasteiger partial charge in [0, 0.05) is 0 Å². The monoisotopic (exact) mass is 221 g/mol. The predicted molar refractivity (Wildman–Crippen MR) is 65.1 cm³/mol.